The predicted octanol–water partition coefficient (Wildman–Crippen LogP) is 4.18. The van der Waals surface area contributed by atoms with Gasteiger partial charge < -0.3 is 0 Å². The van der Waals surface area contributed by atoms with Crippen LogP contribution in [0.1, 0.15) is 18.9 Å². The summed E-state index contributed by atoms with van der Waals surface area (Å²) < 4.78 is 13.7. The van der Waals surface area contributed by atoms with Crippen molar-refractivity contribution >= 4 is 17.5 Å². The molecule has 0 spiro atoms. The first-order valence-electron chi connectivity index (χ1n) is 6.34. The predicted molar refractivity (Wildman–Crippen MR) is 77.9 cm³/mol. The van der Waals surface area contributed by atoms with E-state index >= 15 is 0 Å². The van der Waals surface area contributed by atoms with E-state index in [1.807, 2.05) is 31.4 Å². The van der Waals surface area contributed by atoms with Crippen molar-refractivity contribution in [2.24, 2.45) is 5.92 Å². The third-order valence-corrected chi connectivity index (χ3v) is 4.11. The second-order valence-corrected chi connectivity index (χ2v) is 5.60. The summed E-state index contributed by atoms with van der Waals surface area (Å²) >= 11 is 1.37. The van der Waals surface area contributed by atoms with E-state index in [1.165, 1.54) is 17.8 Å². The Balaban J connectivity index is 2.13. The zero-order valence-corrected chi connectivity index (χ0v) is 12.0. The third kappa shape index (κ3) is 3.35. The summed E-state index contributed by atoms with van der Waals surface area (Å²) in [5.74, 6) is 0.101. The molecule has 0 N–H and O–H groups in total. The van der Waals surface area contributed by atoms with Gasteiger partial charge in [0.1, 0.15) is 5.82 Å². The van der Waals surface area contributed by atoms with Gasteiger partial charge in [-0.15, -0.1) is 11.8 Å². The van der Waals surface area contributed by atoms with Crippen LogP contribution < -0.4 is 0 Å². The normalized spacial score (nSPS) is 18.3. The van der Waals surface area contributed by atoms with Crippen molar-refractivity contribution in [3.8, 4) is 0 Å². The fourth-order valence-electron chi connectivity index (χ4n) is 2.22. The molecule has 100 valence electrons. The number of carbonyl (C=O) groups is 1. The number of rotatable bonds is 4. The van der Waals surface area contributed by atoms with Gasteiger partial charge >= 0.3 is 0 Å². The van der Waals surface area contributed by atoms with Crippen LogP contribution in [0.15, 0.2) is 46.9 Å². The molecule has 0 bridgehead atoms. The largest absolute Gasteiger partial charge is 0.294 e. The molecule has 0 saturated carbocycles. The number of thioether (sulfide) groups is 1. The number of Topliss-reactive ketones (excluding diaryl/α,β-unsaturated/α-hetero) is 1. The fourth-order valence-corrected chi connectivity index (χ4v) is 2.68. The Morgan fingerprint density at radius 3 is 2.89 bits per heavy atom. The van der Waals surface area contributed by atoms with Crippen molar-refractivity contribution in [1.29, 1.82) is 0 Å². The van der Waals surface area contributed by atoms with Gasteiger partial charge in [-0.2, -0.15) is 0 Å². The molecule has 1 atom stereocenters. The number of hydrogen-bond donors (Lipinski definition) is 0. The lowest BCUT2D eigenvalue weighted by atomic mass is 9.88. The quantitative estimate of drug-likeness (QED) is 0.767. The molecular formula is C16H17FOS. The molecule has 0 aliphatic heterocycles. The monoisotopic (exact) mass is 276 g/mol. The molecule has 19 heavy (non-hydrogen) atoms. The van der Waals surface area contributed by atoms with Crippen molar-refractivity contribution < 1.29 is 9.18 Å². The van der Waals surface area contributed by atoms with E-state index < -0.39 is 0 Å². The maximum absolute atomic E-state index is 13.7. The van der Waals surface area contributed by atoms with Crippen LogP contribution in [0.25, 0.3) is 0 Å². The van der Waals surface area contributed by atoms with Crippen molar-refractivity contribution in [2.75, 3.05) is 6.26 Å². The Kier molecular flexibility index (Phi) is 4.59. The molecule has 1 unspecified atom stereocenters. The fraction of sp³-hybridized carbons (Fsp3) is 0.312. The van der Waals surface area contributed by atoms with E-state index in [2.05, 4.69) is 6.08 Å². The lowest BCUT2D eigenvalue weighted by Crippen LogP contribution is -2.14. The van der Waals surface area contributed by atoms with E-state index in [1.54, 1.807) is 6.07 Å². The maximum atomic E-state index is 13.7. The molecule has 0 heterocycles. The van der Waals surface area contributed by atoms with Crippen molar-refractivity contribution in [3.05, 3.63) is 53.4 Å². The molecule has 0 fully saturated rings. The summed E-state index contributed by atoms with van der Waals surface area (Å²) in [4.78, 5) is 12.8. The van der Waals surface area contributed by atoms with Crippen LogP contribution in [0.3, 0.4) is 0 Å². The number of carbonyl (C=O) groups excluding carboxylic acids is 1. The smallest absolute Gasteiger partial charge is 0.163 e. The standard InChI is InChI=1S/C16H17FOS/c1-11-5-3-4-6-13(11)15(18)10-12-7-8-16(19-2)14(17)9-12/h3-4,6-9,11H,5,10H2,1-2H3. The number of hydrogen-bond acceptors (Lipinski definition) is 2. The van der Waals surface area contributed by atoms with Gasteiger partial charge in [-0.3, -0.25) is 4.79 Å². The van der Waals surface area contributed by atoms with Crippen LogP contribution in [-0.2, 0) is 11.2 Å². The van der Waals surface area contributed by atoms with Crippen molar-refractivity contribution in [2.45, 2.75) is 24.7 Å². The van der Waals surface area contributed by atoms with Gasteiger partial charge in [0.25, 0.3) is 0 Å². The Hall–Kier alpha value is -1.35. The molecule has 1 aliphatic rings. The number of ketones is 1. The summed E-state index contributed by atoms with van der Waals surface area (Å²) in [5.41, 5.74) is 1.58. The van der Waals surface area contributed by atoms with Gasteiger partial charge in [-0.25, -0.2) is 4.39 Å². The average molecular weight is 276 g/mol. The van der Waals surface area contributed by atoms with E-state index in [0.29, 0.717) is 4.90 Å². The Labute approximate surface area is 117 Å². The Morgan fingerprint density at radius 1 is 1.47 bits per heavy atom. The molecular weight excluding hydrogens is 259 g/mol. The van der Waals surface area contributed by atoms with Gasteiger partial charge in [0.05, 0.1) is 0 Å². The Morgan fingerprint density at radius 2 is 2.26 bits per heavy atom. The van der Waals surface area contributed by atoms with Crippen LogP contribution in [0, 0.1) is 11.7 Å². The Bertz CT molecular complexity index is 546. The molecule has 0 aromatic heterocycles. The molecule has 1 nitrogen and oxygen atoms in total. The number of halogens is 1. The summed E-state index contributed by atoms with van der Waals surface area (Å²) in [6, 6.07) is 5.03. The van der Waals surface area contributed by atoms with Crippen LogP contribution in [0.2, 0.25) is 0 Å². The van der Waals surface area contributed by atoms with Crippen molar-refractivity contribution in [1.82, 2.24) is 0 Å². The molecule has 1 aliphatic carbocycles. The first-order valence-corrected chi connectivity index (χ1v) is 7.56. The second kappa shape index (κ2) is 6.20. The topological polar surface area (TPSA) is 17.1 Å². The lowest BCUT2D eigenvalue weighted by molar-refractivity contribution is -0.115. The molecule has 2 rings (SSSR count). The van der Waals surface area contributed by atoms with Crippen LogP contribution >= 0.6 is 11.8 Å². The molecule has 3 heteroatoms. The summed E-state index contributed by atoms with van der Waals surface area (Å²) in [6.45, 7) is 2.05. The van der Waals surface area contributed by atoms with Gasteiger partial charge in [-0.05, 0) is 41.9 Å². The highest BCUT2D eigenvalue weighted by atomic mass is 32.2. The van der Waals surface area contributed by atoms with E-state index in [9.17, 15) is 9.18 Å². The first kappa shape index (κ1) is 14.1. The minimum atomic E-state index is -0.247. The molecule has 0 radical (unpaired) electrons. The summed E-state index contributed by atoms with van der Waals surface area (Å²) in [5, 5.41) is 0. The van der Waals surface area contributed by atoms with Crippen LogP contribution in [0.4, 0.5) is 4.39 Å². The zero-order valence-electron chi connectivity index (χ0n) is 11.2. The van der Waals surface area contributed by atoms with Crippen molar-refractivity contribution in [3.63, 3.8) is 0 Å². The maximum Gasteiger partial charge on any atom is 0.163 e. The molecule has 0 saturated heterocycles. The highest BCUT2D eigenvalue weighted by molar-refractivity contribution is 7.98. The van der Waals surface area contributed by atoms with Crippen LogP contribution in [-0.4, -0.2) is 12.0 Å². The van der Waals surface area contributed by atoms with E-state index in [0.717, 1.165) is 17.6 Å². The van der Waals surface area contributed by atoms with E-state index in [4.69, 9.17) is 0 Å². The average Bonchev–Trinajstić information content (AvgIpc) is 2.39. The van der Waals surface area contributed by atoms with Gasteiger partial charge in [-0.1, -0.05) is 31.2 Å². The zero-order chi connectivity index (χ0) is 13.8. The van der Waals surface area contributed by atoms with Gasteiger partial charge in [0.15, 0.2) is 5.78 Å². The minimum absolute atomic E-state index is 0.0909. The van der Waals surface area contributed by atoms with Gasteiger partial charge in [0.2, 0.25) is 0 Å². The number of allylic oxidation sites excluding steroid dienone is 4. The number of benzene rings is 1. The summed E-state index contributed by atoms with van der Waals surface area (Å²) in [7, 11) is 0. The molecule has 1 aromatic rings. The lowest BCUT2D eigenvalue weighted by Gasteiger charge is -2.16. The third-order valence-electron chi connectivity index (χ3n) is 3.34. The molecule has 1 aromatic carbocycles. The highest BCUT2D eigenvalue weighted by Crippen LogP contribution is 2.24. The molecule has 0 amide bonds. The minimum Gasteiger partial charge on any atom is -0.294 e. The SMILES string of the molecule is CSc1ccc(CC(=O)C2=CC=CCC2C)cc1F. The van der Waals surface area contributed by atoms with E-state index in [-0.39, 0.29) is 23.9 Å². The highest BCUT2D eigenvalue weighted by Gasteiger charge is 2.18. The second-order valence-electron chi connectivity index (χ2n) is 4.76. The summed E-state index contributed by atoms with van der Waals surface area (Å²) in [6.07, 6.45) is 8.87. The first-order chi connectivity index (χ1) is 9.11. The van der Waals surface area contributed by atoms with Gasteiger partial charge in [0, 0.05) is 11.3 Å². The van der Waals surface area contributed by atoms with Crippen LogP contribution in [0.5, 0.6) is 0 Å².